The average molecular weight is 504 g/mol. The summed E-state index contributed by atoms with van der Waals surface area (Å²) in [4.78, 5) is 40.3. The monoisotopic (exact) mass is 503 g/mol. The Hall–Kier alpha value is -3.46. The van der Waals surface area contributed by atoms with Gasteiger partial charge >= 0.3 is 5.69 Å². The molecule has 1 amide bonds. The molecule has 1 aliphatic heterocycles. The number of nitrogens with one attached hydrogen (secondary N) is 2. The summed E-state index contributed by atoms with van der Waals surface area (Å²) < 4.78 is 1.61. The zero-order chi connectivity index (χ0) is 25.9. The van der Waals surface area contributed by atoms with Crippen molar-refractivity contribution in [2.45, 2.75) is 58.2 Å². The van der Waals surface area contributed by atoms with Gasteiger partial charge in [-0.15, -0.1) is 0 Å². The Kier molecular flexibility index (Phi) is 7.41. The molecule has 1 saturated heterocycles. The van der Waals surface area contributed by atoms with E-state index in [0.29, 0.717) is 29.7 Å². The first-order chi connectivity index (χ1) is 18.0. The predicted octanol–water partition coefficient (Wildman–Crippen LogP) is 3.87. The largest absolute Gasteiger partial charge is 0.348 e. The zero-order valence-corrected chi connectivity index (χ0v) is 21.8. The van der Waals surface area contributed by atoms with E-state index in [9.17, 15) is 9.59 Å². The van der Waals surface area contributed by atoms with Crippen molar-refractivity contribution in [2.75, 3.05) is 31.5 Å². The van der Waals surface area contributed by atoms with Crippen molar-refractivity contribution in [1.82, 2.24) is 29.3 Å². The van der Waals surface area contributed by atoms with Gasteiger partial charge in [-0.1, -0.05) is 50.1 Å². The Morgan fingerprint density at radius 1 is 1.19 bits per heavy atom. The summed E-state index contributed by atoms with van der Waals surface area (Å²) in [6, 6.07) is 9.26. The third-order valence-electron chi connectivity index (χ3n) is 8.02. The highest BCUT2D eigenvalue weighted by Gasteiger charge is 2.30. The summed E-state index contributed by atoms with van der Waals surface area (Å²) >= 11 is 0. The van der Waals surface area contributed by atoms with Gasteiger partial charge in [-0.25, -0.2) is 9.78 Å². The van der Waals surface area contributed by atoms with Crippen LogP contribution in [-0.2, 0) is 11.3 Å². The Morgan fingerprint density at radius 3 is 2.51 bits per heavy atom. The molecule has 2 fully saturated rings. The minimum absolute atomic E-state index is 0.00535. The Bertz CT molecular complexity index is 1300. The van der Waals surface area contributed by atoms with Crippen molar-refractivity contribution in [1.29, 1.82) is 0 Å². The fourth-order valence-electron chi connectivity index (χ4n) is 5.52. The van der Waals surface area contributed by atoms with E-state index in [4.69, 9.17) is 0 Å². The van der Waals surface area contributed by atoms with Crippen molar-refractivity contribution in [3.8, 4) is 0 Å². The molecule has 9 nitrogen and oxygen atoms in total. The van der Waals surface area contributed by atoms with E-state index >= 15 is 0 Å². The molecule has 0 radical (unpaired) electrons. The fourth-order valence-corrected chi connectivity index (χ4v) is 5.52. The molecule has 1 aromatic carbocycles. The number of benzene rings is 1. The summed E-state index contributed by atoms with van der Waals surface area (Å²) in [7, 11) is 0. The number of aromatic amines is 1. The Labute approximate surface area is 217 Å². The number of hydrogen-bond acceptors (Lipinski definition) is 6. The third-order valence-corrected chi connectivity index (χ3v) is 8.02. The Morgan fingerprint density at radius 2 is 1.89 bits per heavy atom. The molecule has 2 aliphatic rings. The van der Waals surface area contributed by atoms with Crippen LogP contribution in [0.15, 0.2) is 47.9 Å². The molecule has 9 heteroatoms. The second-order valence-corrected chi connectivity index (χ2v) is 10.3. The van der Waals surface area contributed by atoms with Gasteiger partial charge in [0.1, 0.15) is 5.52 Å². The minimum atomic E-state index is -0.169. The first kappa shape index (κ1) is 25.2. The fraction of sp³-hybridized carbons (Fsp3) is 0.500. The smallest absolute Gasteiger partial charge is 0.327 e. The van der Waals surface area contributed by atoms with Crippen LogP contribution in [0.2, 0.25) is 0 Å². The van der Waals surface area contributed by atoms with Crippen LogP contribution in [0.5, 0.6) is 0 Å². The quantitative estimate of drug-likeness (QED) is 0.430. The highest BCUT2D eigenvalue weighted by atomic mass is 16.2. The number of rotatable bonds is 9. The van der Waals surface area contributed by atoms with Gasteiger partial charge in [-0.2, -0.15) is 4.98 Å². The Balaban J connectivity index is 1.29. The number of amides is 1. The van der Waals surface area contributed by atoms with Gasteiger partial charge in [0.2, 0.25) is 11.9 Å². The summed E-state index contributed by atoms with van der Waals surface area (Å²) in [6.45, 7) is 11.5. The highest BCUT2D eigenvalue weighted by molar-refractivity contribution is 5.87. The van der Waals surface area contributed by atoms with Crippen LogP contribution in [0.3, 0.4) is 0 Å². The van der Waals surface area contributed by atoms with Gasteiger partial charge in [-0.3, -0.25) is 14.3 Å². The van der Waals surface area contributed by atoms with E-state index in [0.717, 1.165) is 37.7 Å². The number of piperazine rings is 1. The number of carbonyl (C=O) groups excluding carboxylic acids is 1. The van der Waals surface area contributed by atoms with Gasteiger partial charge in [0.15, 0.2) is 5.65 Å². The van der Waals surface area contributed by atoms with Gasteiger partial charge < -0.3 is 15.2 Å². The number of H-pyrrole nitrogens is 1. The summed E-state index contributed by atoms with van der Waals surface area (Å²) in [5.74, 6) is 1.32. The third kappa shape index (κ3) is 5.32. The number of imidazole rings is 1. The molecule has 2 N–H and O–H groups in total. The van der Waals surface area contributed by atoms with Crippen LogP contribution in [0.1, 0.15) is 62.7 Å². The number of hydrogen-bond donors (Lipinski definition) is 2. The van der Waals surface area contributed by atoms with E-state index in [2.05, 4.69) is 62.9 Å². The molecule has 196 valence electrons. The minimum Gasteiger partial charge on any atom is -0.348 e. The van der Waals surface area contributed by atoms with Crippen molar-refractivity contribution < 1.29 is 4.79 Å². The summed E-state index contributed by atoms with van der Waals surface area (Å²) in [5, 5.41) is 3.39. The summed E-state index contributed by atoms with van der Waals surface area (Å²) in [6.07, 6.45) is 8.23. The number of aryl methyl sites for hydroxylation is 1. The lowest BCUT2D eigenvalue weighted by Gasteiger charge is -2.41. The lowest BCUT2D eigenvalue weighted by molar-refractivity contribution is -0.128. The zero-order valence-electron chi connectivity index (χ0n) is 21.8. The van der Waals surface area contributed by atoms with E-state index in [1.807, 2.05) is 11.8 Å². The summed E-state index contributed by atoms with van der Waals surface area (Å²) in [5.41, 5.74) is 3.57. The molecule has 0 spiro atoms. The van der Waals surface area contributed by atoms with Gasteiger partial charge in [0, 0.05) is 38.8 Å². The maximum atomic E-state index is 12.1. The molecule has 2 aromatic heterocycles. The van der Waals surface area contributed by atoms with Crippen LogP contribution < -0.4 is 11.0 Å². The molecule has 1 unspecified atom stereocenters. The lowest BCUT2D eigenvalue weighted by atomic mass is 9.79. The lowest BCUT2D eigenvalue weighted by Crippen LogP contribution is -2.49. The van der Waals surface area contributed by atoms with Crippen LogP contribution >= 0.6 is 0 Å². The molecule has 2 atom stereocenters. The van der Waals surface area contributed by atoms with Gasteiger partial charge in [-0.05, 0) is 43.4 Å². The van der Waals surface area contributed by atoms with Crippen LogP contribution in [0.25, 0.3) is 11.2 Å². The van der Waals surface area contributed by atoms with Gasteiger partial charge in [0.05, 0.1) is 12.2 Å². The van der Waals surface area contributed by atoms with Crippen LogP contribution in [0, 0.1) is 5.92 Å². The standard InChI is InChI=1S/C28H37N7O2/c1-4-25(36)34-15-13-33(14-16-34)24(17-20-7-6-8-20)22-11-9-21(10-12-22)19(3)30-27-29-18-23-26(32-27)35(5-2)28(37)31-23/h4,9-12,18-20,24H,1,5-8,13-17H2,2-3H3,(H,31,37)(H,29,30,32)/t19-,24?/m0/s1. The molecule has 3 aromatic rings. The molecule has 3 heterocycles. The van der Waals surface area contributed by atoms with Crippen LogP contribution in [0.4, 0.5) is 5.95 Å². The number of aromatic nitrogens is 4. The topological polar surface area (TPSA) is 99.2 Å². The number of carbonyl (C=O) groups is 1. The van der Waals surface area contributed by atoms with Crippen molar-refractivity contribution >= 4 is 23.0 Å². The average Bonchev–Trinajstić information content (AvgIpc) is 3.22. The SMILES string of the molecule is C=CC(=O)N1CCN(C(CC2CCC2)c2ccc([C@H](C)Nc3ncc4[nH]c(=O)n(CC)c4n3)cc2)CC1. The maximum absolute atomic E-state index is 12.1. The van der Waals surface area contributed by atoms with Crippen molar-refractivity contribution in [3.05, 3.63) is 64.7 Å². The maximum Gasteiger partial charge on any atom is 0.327 e. The van der Waals surface area contributed by atoms with Gasteiger partial charge in [0.25, 0.3) is 0 Å². The van der Waals surface area contributed by atoms with Crippen molar-refractivity contribution in [3.63, 3.8) is 0 Å². The first-order valence-corrected chi connectivity index (χ1v) is 13.4. The molecule has 1 saturated carbocycles. The molecular formula is C28H37N7O2. The predicted molar refractivity (Wildman–Crippen MR) is 145 cm³/mol. The number of nitrogens with zero attached hydrogens (tertiary/aromatic N) is 5. The first-order valence-electron chi connectivity index (χ1n) is 13.4. The van der Waals surface area contributed by atoms with E-state index < -0.39 is 0 Å². The second-order valence-electron chi connectivity index (χ2n) is 10.3. The molecule has 37 heavy (non-hydrogen) atoms. The highest BCUT2D eigenvalue weighted by Crippen LogP contribution is 2.38. The van der Waals surface area contributed by atoms with Crippen molar-refractivity contribution in [2.24, 2.45) is 5.92 Å². The second kappa shape index (κ2) is 10.9. The molecule has 1 aliphatic carbocycles. The number of anilines is 1. The molecule has 0 bridgehead atoms. The van der Waals surface area contributed by atoms with E-state index in [1.165, 1.54) is 37.3 Å². The van der Waals surface area contributed by atoms with E-state index in [-0.39, 0.29) is 17.6 Å². The molecule has 5 rings (SSSR count). The normalized spacial score (nSPS) is 18.4. The number of fused-ring (bicyclic) bond motifs is 1. The van der Waals surface area contributed by atoms with E-state index in [1.54, 1.807) is 10.8 Å². The molecular weight excluding hydrogens is 466 g/mol. The van der Waals surface area contributed by atoms with Crippen LogP contribution in [-0.4, -0.2) is 61.4 Å².